The predicted octanol–water partition coefficient (Wildman–Crippen LogP) is 4.47. The van der Waals surface area contributed by atoms with E-state index in [1.165, 1.54) is 0 Å². The Labute approximate surface area is 211 Å². The summed E-state index contributed by atoms with van der Waals surface area (Å²) in [7, 11) is 0. The number of benzene rings is 2. The summed E-state index contributed by atoms with van der Waals surface area (Å²) < 4.78 is 43.4. The van der Waals surface area contributed by atoms with E-state index in [-0.39, 0.29) is 31.3 Å². The van der Waals surface area contributed by atoms with Crippen LogP contribution in [0.2, 0.25) is 5.02 Å². The van der Waals surface area contributed by atoms with Gasteiger partial charge in [0, 0.05) is 37.4 Å². The summed E-state index contributed by atoms with van der Waals surface area (Å²) in [6, 6.07) is 11.7. The Morgan fingerprint density at radius 1 is 1.11 bits per heavy atom. The standard InChI is InChI=1S/C23H24ClF3N4O3S/c1-2-12-34-17-5-3-4-15(13-17)20(32)29-22(35)28-16-6-7-19(18(24)14-16)30-8-10-31(11-9-30)21(33)23(25,26)27/h3-7,13-14H,2,8-12H2,1H3,(H2,28,29,32,35). The highest BCUT2D eigenvalue weighted by atomic mass is 35.5. The molecule has 0 radical (unpaired) electrons. The first-order chi connectivity index (χ1) is 16.6. The number of anilines is 2. The second kappa shape index (κ2) is 11.6. The molecule has 2 aromatic rings. The molecule has 3 rings (SSSR count). The van der Waals surface area contributed by atoms with Crippen LogP contribution in [0.25, 0.3) is 0 Å². The molecule has 188 valence electrons. The number of hydrogen-bond donors (Lipinski definition) is 2. The van der Waals surface area contributed by atoms with Crippen LogP contribution in [0.15, 0.2) is 42.5 Å². The molecular weight excluding hydrogens is 505 g/mol. The maximum atomic E-state index is 12.6. The van der Waals surface area contributed by atoms with E-state index in [0.29, 0.717) is 34.3 Å². The van der Waals surface area contributed by atoms with Gasteiger partial charge in [0.05, 0.1) is 17.3 Å². The third kappa shape index (κ3) is 7.22. The van der Waals surface area contributed by atoms with Gasteiger partial charge in [0.1, 0.15) is 5.75 Å². The molecule has 2 amide bonds. The first-order valence-electron chi connectivity index (χ1n) is 10.8. The fraction of sp³-hybridized carbons (Fsp3) is 0.348. The smallest absolute Gasteiger partial charge is 0.471 e. The van der Waals surface area contributed by atoms with E-state index in [9.17, 15) is 22.8 Å². The molecule has 0 bridgehead atoms. The first kappa shape index (κ1) is 26.6. The lowest BCUT2D eigenvalue weighted by Crippen LogP contribution is -2.52. The summed E-state index contributed by atoms with van der Waals surface area (Å²) in [4.78, 5) is 26.5. The van der Waals surface area contributed by atoms with E-state index in [2.05, 4.69) is 10.6 Å². The monoisotopic (exact) mass is 528 g/mol. The van der Waals surface area contributed by atoms with Crippen molar-refractivity contribution in [2.24, 2.45) is 0 Å². The van der Waals surface area contributed by atoms with Crippen molar-refractivity contribution in [1.82, 2.24) is 10.2 Å². The van der Waals surface area contributed by atoms with E-state index in [1.807, 2.05) is 6.92 Å². The van der Waals surface area contributed by atoms with Crippen LogP contribution in [-0.4, -0.2) is 60.8 Å². The number of nitrogens with zero attached hydrogens (tertiary/aromatic N) is 2. The SMILES string of the molecule is CCCOc1cccc(C(=O)NC(=S)Nc2ccc(N3CCN(C(=O)C(F)(F)F)CC3)c(Cl)c2)c1. The summed E-state index contributed by atoms with van der Waals surface area (Å²) in [5.74, 6) is -1.65. The topological polar surface area (TPSA) is 73.9 Å². The normalized spacial score (nSPS) is 13.9. The molecule has 12 heteroatoms. The van der Waals surface area contributed by atoms with Crippen molar-refractivity contribution in [2.75, 3.05) is 43.0 Å². The molecule has 1 heterocycles. The average Bonchev–Trinajstić information content (AvgIpc) is 2.82. The molecule has 1 aliphatic heterocycles. The van der Waals surface area contributed by atoms with Crippen LogP contribution in [0.5, 0.6) is 5.75 Å². The molecule has 0 aromatic heterocycles. The highest BCUT2D eigenvalue weighted by Gasteiger charge is 2.43. The van der Waals surface area contributed by atoms with Gasteiger partial charge in [-0.3, -0.25) is 14.9 Å². The van der Waals surface area contributed by atoms with Gasteiger partial charge < -0.3 is 19.9 Å². The molecule has 0 spiro atoms. The van der Waals surface area contributed by atoms with Gasteiger partial charge in [-0.05, 0) is 55.0 Å². The number of halogens is 4. The molecule has 7 nitrogen and oxygen atoms in total. The highest BCUT2D eigenvalue weighted by Crippen LogP contribution is 2.30. The first-order valence-corrected chi connectivity index (χ1v) is 11.6. The van der Waals surface area contributed by atoms with Crippen LogP contribution < -0.4 is 20.3 Å². The van der Waals surface area contributed by atoms with Gasteiger partial charge in [0.25, 0.3) is 5.91 Å². The van der Waals surface area contributed by atoms with Crippen molar-refractivity contribution in [3.8, 4) is 5.75 Å². The second-order valence-corrected chi connectivity index (χ2v) is 8.54. The third-order valence-corrected chi connectivity index (χ3v) is 5.66. The number of carbonyl (C=O) groups is 2. The van der Waals surface area contributed by atoms with Gasteiger partial charge in [-0.1, -0.05) is 24.6 Å². The lowest BCUT2D eigenvalue weighted by Gasteiger charge is -2.36. The largest absolute Gasteiger partial charge is 0.494 e. The van der Waals surface area contributed by atoms with Crippen LogP contribution in [0, 0.1) is 0 Å². The summed E-state index contributed by atoms with van der Waals surface area (Å²) in [6.45, 7) is 2.84. The van der Waals surface area contributed by atoms with Crippen molar-refractivity contribution >= 4 is 52.1 Å². The second-order valence-electron chi connectivity index (χ2n) is 7.73. The van der Waals surface area contributed by atoms with Crippen molar-refractivity contribution in [3.63, 3.8) is 0 Å². The molecule has 0 aliphatic carbocycles. The van der Waals surface area contributed by atoms with Crippen molar-refractivity contribution in [1.29, 1.82) is 0 Å². The number of ether oxygens (including phenoxy) is 1. The Morgan fingerprint density at radius 3 is 2.46 bits per heavy atom. The number of piperazine rings is 1. The molecular formula is C23H24ClF3N4O3S. The minimum atomic E-state index is -4.88. The Morgan fingerprint density at radius 2 is 1.83 bits per heavy atom. The van der Waals surface area contributed by atoms with Gasteiger partial charge >= 0.3 is 12.1 Å². The molecule has 0 saturated carbocycles. The quantitative estimate of drug-likeness (QED) is 0.539. The molecule has 1 aliphatic rings. The Kier molecular flexibility index (Phi) is 8.79. The fourth-order valence-corrected chi connectivity index (χ4v) is 3.97. The molecule has 0 unspecified atom stereocenters. The minimum absolute atomic E-state index is 0.0600. The van der Waals surface area contributed by atoms with E-state index in [4.69, 9.17) is 28.6 Å². The number of thiocarbonyl (C=S) groups is 1. The summed E-state index contributed by atoms with van der Waals surface area (Å²) in [5.41, 5.74) is 1.53. The molecule has 1 fully saturated rings. The third-order valence-electron chi connectivity index (χ3n) is 5.15. The zero-order chi connectivity index (χ0) is 25.6. The van der Waals surface area contributed by atoms with Gasteiger partial charge in [-0.15, -0.1) is 0 Å². The number of amides is 2. The molecule has 0 atom stereocenters. The van der Waals surface area contributed by atoms with E-state index in [1.54, 1.807) is 47.4 Å². The molecule has 1 saturated heterocycles. The van der Waals surface area contributed by atoms with Crippen LogP contribution in [0.3, 0.4) is 0 Å². The average molecular weight is 529 g/mol. The van der Waals surface area contributed by atoms with Crippen LogP contribution in [0.4, 0.5) is 24.5 Å². The zero-order valence-corrected chi connectivity index (χ0v) is 20.4. The van der Waals surface area contributed by atoms with Crippen molar-refractivity contribution in [2.45, 2.75) is 19.5 Å². The van der Waals surface area contributed by atoms with Crippen molar-refractivity contribution in [3.05, 3.63) is 53.1 Å². The maximum absolute atomic E-state index is 12.6. The van der Waals surface area contributed by atoms with Crippen LogP contribution in [0.1, 0.15) is 23.7 Å². The fourth-order valence-electron chi connectivity index (χ4n) is 3.46. The van der Waals surface area contributed by atoms with E-state index >= 15 is 0 Å². The van der Waals surface area contributed by atoms with Gasteiger partial charge in [-0.25, -0.2) is 0 Å². The number of alkyl halides is 3. The summed E-state index contributed by atoms with van der Waals surface area (Å²) in [6.07, 6.45) is -4.04. The lowest BCUT2D eigenvalue weighted by atomic mass is 10.2. The number of nitrogens with one attached hydrogen (secondary N) is 2. The van der Waals surface area contributed by atoms with E-state index < -0.39 is 18.0 Å². The Hall–Kier alpha value is -3.05. The number of carbonyl (C=O) groups excluding carboxylic acids is 2. The van der Waals surface area contributed by atoms with Gasteiger partial charge in [0.2, 0.25) is 0 Å². The van der Waals surface area contributed by atoms with Crippen LogP contribution >= 0.6 is 23.8 Å². The minimum Gasteiger partial charge on any atom is -0.494 e. The van der Waals surface area contributed by atoms with Crippen LogP contribution in [-0.2, 0) is 4.79 Å². The lowest BCUT2D eigenvalue weighted by molar-refractivity contribution is -0.185. The molecule has 2 aromatic carbocycles. The van der Waals surface area contributed by atoms with Gasteiger partial charge in [-0.2, -0.15) is 13.2 Å². The van der Waals surface area contributed by atoms with Crippen molar-refractivity contribution < 1.29 is 27.5 Å². The molecule has 2 N–H and O–H groups in total. The van der Waals surface area contributed by atoms with E-state index in [0.717, 1.165) is 11.3 Å². The number of hydrogen-bond acceptors (Lipinski definition) is 5. The number of rotatable bonds is 6. The maximum Gasteiger partial charge on any atom is 0.471 e. The predicted molar refractivity (Wildman–Crippen MR) is 132 cm³/mol. The Balaban J connectivity index is 1.56. The highest BCUT2D eigenvalue weighted by molar-refractivity contribution is 7.80. The zero-order valence-electron chi connectivity index (χ0n) is 18.8. The van der Waals surface area contributed by atoms with Gasteiger partial charge in [0.15, 0.2) is 5.11 Å². The summed E-state index contributed by atoms with van der Waals surface area (Å²) >= 11 is 11.6. The molecule has 35 heavy (non-hydrogen) atoms. The summed E-state index contributed by atoms with van der Waals surface area (Å²) in [5, 5.41) is 5.90. The Bertz CT molecular complexity index is 1090.